The number of benzene rings is 2. The smallest absolute Gasteiger partial charge is 0.243 e. The van der Waals surface area contributed by atoms with Crippen LogP contribution in [0.4, 0.5) is 10.8 Å². The maximum absolute atomic E-state index is 12.2. The van der Waals surface area contributed by atoms with Gasteiger partial charge >= 0.3 is 0 Å². The van der Waals surface area contributed by atoms with Crippen LogP contribution >= 0.6 is 11.3 Å². The van der Waals surface area contributed by atoms with Crippen LogP contribution in [-0.4, -0.2) is 24.5 Å². The lowest BCUT2D eigenvalue weighted by atomic mass is 10.1. The number of rotatable bonds is 4. The summed E-state index contributed by atoms with van der Waals surface area (Å²) in [4.78, 5) is 18.8. The van der Waals surface area contributed by atoms with Crippen molar-refractivity contribution in [2.45, 2.75) is 13.8 Å². The van der Waals surface area contributed by atoms with Gasteiger partial charge in [-0.15, -0.1) is 0 Å². The number of carbonyl (C=O) groups is 1. The molecule has 3 rings (SSSR count). The van der Waals surface area contributed by atoms with Crippen molar-refractivity contribution in [3.05, 3.63) is 53.6 Å². The van der Waals surface area contributed by atoms with Gasteiger partial charge in [0.05, 0.1) is 16.8 Å². The molecule has 0 aliphatic carbocycles. The van der Waals surface area contributed by atoms with Crippen molar-refractivity contribution in [3.63, 3.8) is 0 Å². The normalized spacial score (nSPS) is 10.7. The van der Waals surface area contributed by atoms with Crippen molar-refractivity contribution in [2.24, 2.45) is 0 Å². The maximum atomic E-state index is 12.2. The predicted octanol–water partition coefficient (Wildman–Crippen LogP) is 3.99. The number of para-hydroxylation sites is 1. The highest BCUT2D eigenvalue weighted by Crippen LogP contribution is 2.32. The van der Waals surface area contributed by atoms with Crippen molar-refractivity contribution in [1.29, 1.82) is 0 Å². The van der Waals surface area contributed by atoms with Crippen LogP contribution in [-0.2, 0) is 4.79 Å². The van der Waals surface area contributed by atoms with E-state index in [4.69, 9.17) is 4.98 Å². The van der Waals surface area contributed by atoms with Crippen LogP contribution in [0, 0.1) is 13.8 Å². The number of likely N-dealkylation sites (N-methyl/N-ethyl adjacent to an activating group) is 1. The number of hydrogen-bond donors (Lipinski definition) is 1. The molecule has 1 aromatic heterocycles. The molecule has 0 aliphatic rings. The summed E-state index contributed by atoms with van der Waals surface area (Å²) in [6.07, 6.45) is 0. The fraction of sp³-hybridized carbons (Fsp3) is 0.222. The molecule has 5 heteroatoms. The van der Waals surface area contributed by atoms with Gasteiger partial charge in [-0.25, -0.2) is 4.98 Å². The first-order valence-corrected chi connectivity index (χ1v) is 8.29. The molecule has 0 unspecified atom stereocenters. The molecule has 3 aromatic rings. The molecule has 0 aliphatic heterocycles. The van der Waals surface area contributed by atoms with Crippen molar-refractivity contribution in [3.8, 4) is 0 Å². The summed E-state index contributed by atoms with van der Waals surface area (Å²) in [6.45, 7) is 4.42. The summed E-state index contributed by atoms with van der Waals surface area (Å²) >= 11 is 1.63. The number of anilines is 2. The highest BCUT2D eigenvalue weighted by molar-refractivity contribution is 7.22. The van der Waals surface area contributed by atoms with Gasteiger partial charge in [0.1, 0.15) is 0 Å². The van der Waals surface area contributed by atoms with Crippen molar-refractivity contribution in [1.82, 2.24) is 4.98 Å². The zero-order valence-corrected chi connectivity index (χ0v) is 14.3. The number of aromatic nitrogens is 1. The second-order valence-corrected chi connectivity index (χ2v) is 6.62. The quantitative estimate of drug-likeness (QED) is 0.789. The van der Waals surface area contributed by atoms with Gasteiger partial charge in [-0.05, 0) is 37.1 Å². The minimum atomic E-state index is -0.0496. The molecule has 0 bridgehead atoms. The summed E-state index contributed by atoms with van der Waals surface area (Å²) < 4.78 is 1.19. The van der Waals surface area contributed by atoms with Crippen LogP contribution in [0.3, 0.4) is 0 Å². The first kappa shape index (κ1) is 15.5. The maximum Gasteiger partial charge on any atom is 0.243 e. The largest absolute Gasteiger partial charge is 0.342 e. The van der Waals surface area contributed by atoms with E-state index in [0.29, 0.717) is 0 Å². The van der Waals surface area contributed by atoms with Gasteiger partial charge in [-0.3, -0.25) is 4.79 Å². The zero-order valence-electron chi connectivity index (χ0n) is 13.5. The molecule has 0 atom stereocenters. The van der Waals surface area contributed by atoms with E-state index in [-0.39, 0.29) is 12.5 Å². The first-order chi connectivity index (χ1) is 11.0. The molecular weight excluding hydrogens is 306 g/mol. The highest BCUT2D eigenvalue weighted by atomic mass is 32.1. The van der Waals surface area contributed by atoms with Crippen LogP contribution in [0.2, 0.25) is 0 Å². The summed E-state index contributed by atoms with van der Waals surface area (Å²) in [5, 5.41) is 3.76. The standard InChI is InChI=1S/C18H19N3OS/c1-12-9-10-13(2)17-16(12)20-18(23-17)21(3)11-15(22)19-14-7-5-4-6-8-14/h4-10H,11H2,1-3H3,(H,19,22). The fourth-order valence-corrected chi connectivity index (χ4v) is 3.49. The minimum absolute atomic E-state index is 0.0496. The molecule has 1 heterocycles. The Morgan fingerprint density at radius 1 is 1.13 bits per heavy atom. The zero-order chi connectivity index (χ0) is 16.4. The van der Waals surface area contributed by atoms with Gasteiger partial charge in [-0.1, -0.05) is 41.7 Å². The number of hydrogen-bond acceptors (Lipinski definition) is 4. The summed E-state index contributed by atoms with van der Waals surface area (Å²) in [6, 6.07) is 13.7. The molecular formula is C18H19N3OS. The third-order valence-corrected chi connectivity index (χ3v) is 5.00. The Kier molecular flexibility index (Phi) is 4.30. The van der Waals surface area contributed by atoms with Gasteiger partial charge < -0.3 is 10.2 Å². The van der Waals surface area contributed by atoms with Gasteiger partial charge in [0.15, 0.2) is 5.13 Å². The lowest BCUT2D eigenvalue weighted by Gasteiger charge is -2.15. The Labute approximate surface area is 139 Å². The second-order valence-electron chi connectivity index (χ2n) is 5.64. The topological polar surface area (TPSA) is 45.2 Å². The average molecular weight is 325 g/mol. The Morgan fingerprint density at radius 3 is 2.52 bits per heavy atom. The van der Waals surface area contributed by atoms with Crippen molar-refractivity contribution < 1.29 is 4.79 Å². The third kappa shape index (κ3) is 3.35. The van der Waals surface area contributed by atoms with Crippen LogP contribution < -0.4 is 10.2 Å². The van der Waals surface area contributed by atoms with E-state index in [1.54, 1.807) is 11.3 Å². The summed E-state index contributed by atoms with van der Waals surface area (Å²) in [7, 11) is 1.90. The van der Waals surface area contributed by atoms with E-state index < -0.39 is 0 Å². The van der Waals surface area contributed by atoms with E-state index >= 15 is 0 Å². The first-order valence-electron chi connectivity index (χ1n) is 7.47. The summed E-state index contributed by atoms with van der Waals surface area (Å²) in [5.41, 5.74) is 4.22. The summed E-state index contributed by atoms with van der Waals surface area (Å²) in [5.74, 6) is -0.0496. The average Bonchev–Trinajstić information content (AvgIpc) is 2.98. The predicted molar refractivity (Wildman–Crippen MR) is 97.4 cm³/mol. The number of nitrogens with zero attached hydrogens (tertiary/aromatic N) is 2. The number of amides is 1. The van der Waals surface area contributed by atoms with Crippen LogP contribution in [0.15, 0.2) is 42.5 Å². The molecule has 0 saturated heterocycles. The van der Waals surface area contributed by atoms with Crippen molar-refractivity contribution in [2.75, 3.05) is 23.8 Å². The molecule has 0 spiro atoms. The van der Waals surface area contributed by atoms with E-state index in [1.807, 2.05) is 42.3 Å². The molecule has 0 fully saturated rings. The molecule has 0 radical (unpaired) electrons. The molecule has 118 valence electrons. The molecule has 0 saturated carbocycles. The van der Waals surface area contributed by atoms with Gasteiger partial charge in [0.25, 0.3) is 0 Å². The SMILES string of the molecule is Cc1ccc(C)c2sc(N(C)CC(=O)Nc3ccccc3)nc12. The Morgan fingerprint density at radius 2 is 1.83 bits per heavy atom. The van der Waals surface area contributed by atoms with Crippen LogP contribution in [0.5, 0.6) is 0 Å². The molecule has 1 amide bonds. The van der Waals surface area contributed by atoms with Crippen LogP contribution in [0.25, 0.3) is 10.2 Å². The number of nitrogens with one attached hydrogen (secondary N) is 1. The fourth-order valence-electron chi connectivity index (χ4n) is 2.42. The number of thiazole rings is 1. The van der Waals surface area contributed by atoms with Crippen LogP contribution in [0.1, 0.15) is 11.1 Å². The molecule has 1 N–H and O–H groups in total. The second kappa shape index (κ2) is 6.38. The van der Waals surface area contributed by atoms with E-state index in [2.05, 4.69) is 31.3 Å². The minimum Gasteiger partial charge on any atom is -0.342 e. The number of fused-ring (bicyclic) bond motifs is 1. The van der Waals surface area contributed by atoms with Gasteiger partial charge in [0.2, 0.25) is 5.91 Å². The Bertz CT molecular complexity index is 803. The lowest BCUT2D eigenvalue weighted by Crippen LogP contribution is -2.29. The van der Waals surface area contributed by atoms with Crippen molar-refractivity contribution >= 4 is 38.3 Å². The lowest BCUT2D eigenvalue weighted by molar-refractivity contribution is -0.114. The Balaban J connectivity index is 1.75. The highest BCUT2D eigenvalue weighted by Gasteiger charge is 2.14. The Hall–Kier alpha value is -2.40. The molecule has 2 aromatic carbocycles. The van der Waals surface area contributed by atoms with E-state index in [0.717, 1.165) is 21.9 Å². The van der Waals surface area contributed by atoms with Gasteiger partial charge in [-0.2, -0.15) is 0 Å². The van der Waals surface area contributed by atoms with E-state index in [9.17, 15) is 4.79 Å². The van der Waals surface area contributed by atoms with Gasteiger partial charge in [0, 0.05) is 12.7 Å². The number of carbonyl (C=O) groups excluding carboxylic acids is 1. The monoisotopic (exact) mass is 325 g/mol. The third-order valence-electron chi connectivity index (χ3n) is 3.70. The number of aryl methyl sites for hydroxylation is 2. The molecule has 4 nitrogen and oxygen atoms in total. The molecule has 23 heavy (non-hydrogen) atoms. The van der Waals surface area contributed by atoms with E-state index in [1.165, 1.54) is 10.3 Å².